The first-order valence-corrected chi connectivity index (χ1v) is 8.97. The lowest BCUT2D eigenvalue weighted by molar-refractivity contribution is -0.140. The number of hydrogen-bond donors (Lipinski definition) is 4. The second-order valence-corrected chi connectivity index (χ2v) is 7.09. The quantitative estimate of drug-likeness (QED) is 0.298. The van der Waals surface area contributed by atoms with E-state index in [4.69, 9.17) is 21.7 Å². The van der Waals surface area contributed by atoms with Crippen molar-refractivity contribution in [2.24, 2.45) is 11.5 Å². The molecule has 0 aromatic rings. The number of Topliss-reactive ketones (excluding diaryl/α,β-unsaturated/α-hetero) is 1. The van der Waals surface area contributed by atoms with Gasteiger partial charge in [-0.25, -0.2) is 0 Å². The van der Waals surface area contributed by atoms with Gasteiger partial charge in [-0.1, -0.05) is 41.4 Å². The molecule has 3 atom stereocenters. The number of carboxylic acid groups (broad SMARTS) is 2. The van der Waals surface area contributed by atoms with Gasteiger partial charge >= 0.3 is 11.9 Å². The third kappa shape index (κ3) is 8.30. The molecule has 0 amide bonds. The highest BCUT2D eigenvalue weighted by atomic mass is 33.1. The Labute approximate surface area is 131 Å². The van der Waals surface area contributed by atoms with E-state index in [0.717, 1.165) is 34.4 Å². The number of unbranched alkanes of at least 4 members (excludes halogenated alkanes) is 2. The summed E-state index contributed by atoms with van der Waals surface area (Å²) in [5.74, 6) is -2.54. The molecule has 6 N–H and O–H groups in total. The second-order valence-electron chi connectivity index (χ2n) is 4.53. The molecule has 0 saturated carbocycles. The van der Waals surface area contributed by atoms with Crippen LogP contribution in [0, 0.1) is 0 Å². The fourth-order valence-corrected chi connectivity index (χ4v) is 4.16. The topological polar surface area (TPSA) is 144 Å². The average Bonchev–Trinajstić information content (AvgIpc) is 2.42. The Bertz CT molecular complexity index is 368. The van der Waals surface area contributed by atoms with Crippen molar-refractivity contribution >= 4 is 39.3 Å². The van der Waals surface area contributed by atoms with Gasteiger partial charge < -0.3 is 21.7 Å². The van der Waals surface area contributed by atoms with Crippen LogP contribution in [0.2, 0.25) is 0 Å². The maximum Gasteiger partial charge on any atom is 0.322 e. The Morgan fingerprint density at radius 1 is 1.10 bits per heavy atom. The monoisotopic (exact) mass is 338 g/mol. The van der Waals surface area contributed by atoms with E-state index in [9.17, 15) is 14.4 Å². The molecule has 0 rings (SSSR count). The molecule has 0 aliphatic rings. The molecular weight excluding hydrogens is 316 g/mol. The molecule has 0 aliphatic heterocycles. The molecule has 0 radical (unpaired) electrons. The van der Waals surface area contributed by atoms with Gasteiger partial charge in [0.1, 0.15) is 17.9 Å². The van der Waals surface area contributed by atoms with E-state index >= 15 is 0 Å². The van der Waals surface area contributed by atoms with Crippen molar-refractivity contribution in [2.75, 3.05) is 5.75 Å². The summed E-state index contributed by atoms with van der Waals surface area (Å²) in [7, 11) is 2.05. The van der Waals surface area contributed by atoms with Crippen LogP contribution in [-0.2, 0) is 14.4 Å². The summed E-state index contributed by atoms with van der Waals surface area (Å²) in [6.45, 7) is 2.00. The Morgan fingerprint density at radius 3 is 2.19 bits per heavy atom. The number of carbonyl (C=O) groups is 3. The number of aliphatic carboxylic acids is 2. The zero-order valence-electron chi connectivity index (χ0n) is 11.9. The normalized spacial score (nSPS) is 15.2. The van der Waals surface area contributed by atoms with Crippen LogP contribution in [-0.4, -0.2) is 51.0 Å². The molecule has 0 aromatic heterocycles. The van der Waals surface area contributed by atoms with Crippen molar-refractivity contribution in [3.8, 4) is 0 Å². The standard InChI is InChI=1S/C12H22N2O5S2/c1-2-3-4-5-8(15)10(9(14)12(18)19)21-20-6-7(13)11(16)17/h7,9-10H,2-6,13-14H2,1H3,(H,16,17)(H,18,19)/t7-,9-,10?/m0/s1. The number of nitrogens with two attached hydrogens (primary N) is 2. The molecule has 0 fully saturated rings. The summed E-state index contributed by atoms with van der Waals surface area (Å²) in [6, 6.07) is -2.36. The predicted molar refractivity (Wildman–Crippen MR) is 84.2 cm³/mol. The fourth-order valence-electron chi connectivity index (χ4n) is 1.39. The van der Waals surface area contributed by atoms with E-state index in [2.05, 4.69) is 0 Å². The summed E-state index contributed by atoms with van der Waals surface area (Å²) in [5.41, 5.74) is 10.9. The van der Waals surface area contributed by atoms with Gasteiger partial charge in [0.05, 0.1) is 5.25 Å². The van der Waals surface area contributed by atoms with Gasteiger partial charge in [0, 0.05) is 12.2 Å². The predicted octanol–water partition coefficient (Wildman–Crippen LogP) is 0.710. The highest BCUT2D eigenvalue weighted by molar-refractivity contribution is 8.77. The SMILES string of the molecule is CCCCCC(=O)C(SSC[C@H](N)C(=O)O)[C@H](N)C(=O)O. The minimum Gasteiger partial charge on any atom is -0.480 e. The first-order chi connectivity index (χ1) is 9.81. The minimum absolute atomic E-state index is 0.0745. The molecule has 7 nitrogen and oxygen atoms in total. The van der Waals surface area contributed by atoms with Crippen LogP contribution in [0.1, 0.15) is 32.6 Å². The van der Waals surface area contributed by atoms with Crippen LogP contribution in [0.15, 0.2) is 0 Å². The summed E-state index contributed by atoms with van der Waals surface area (Å²) in [4.78, 5) is 33.6. The first kappa shape index (κ1) is 20.2. The van der Waals surface area contributed by atoms with Gasteiger partial charge in [-0.3, -0.25) is 14.4 Å². The van der Waals surface area contributed by atoms with Crippen LogP contribution in [0.5, 0.6) is 0 Å². The van der Waals surface area contributed by atoms with Crippen LogP contribution in [0.4, 0.5) is 0 Å². The number of rotatable bonds is 12. The van der Waals surface area contributed by atoms with Crippen LogP contribution in [0.3, 0.4) is 0 Å². The van der Waals surface area contributed by atoms with Crippen molar-refractivity contribution in [1.29, 1.82) is 0 Å². The molecule has 21 heavy (non-hydrogen) atoms. The Balaban J connectivity index is 4.49. The Morgan fingerprint density at radius 2 is 1.71 bits per heavy atom. The highest BCUT2D eigenvalue weighted by Gasteiger charge is 2.31. The van der Waals surface area contributed by atoms with Crippen molar-refractivity contribution in [2.45, 2.75) is 49.9 Å². The Hall–Kier alpha value is -0.770. The first-order valence-electron chi connectivity index (χ1n) is 6.59. The van der Waals surface area contributed by atoms with Gasteiger partial charge in [0.15, 0.2) is 0 Å². The van der Waals surface area contributed by atoms with Gasteiger partial charge in [0.25, 0.3) is 0 Å². The highest BCUT2D eigenvalue weighted by Crippen LogP contribution is 2.30. The van der Waals surface area contributed by atoms with Gasteiger partial charge in [-0.05, 0) is 6.42 Å². The molecule has 0 bridgehead atoms. The molecule has 0 heterocycles. The largest absolute Gasteiger partial charge is 0.480 e. The summed E-state index contributed by atoms with van der Waals surface area (Å²) < 4.78 is 0. The van der Waals surface area contributed by atoms with E-state index in [1.54, 1.807) is 0 Å². The lowest BCUT2D eigenvalue weighted by Crippen LogP contribution is -2.44. The van der Waals surface area contributed by atoms with Gasteiger partial charge in [-0.2, -0.15) is 0 Å². The third-order valence-electron chi connectivity index (χ3n) is 2.69. The van der Waals surface area contributed by atoms with E-state index in [0.29, 0.717) is 6.42 Å². The van der Waals surface area contributed by atoms with E-state index in [-0.39, 0.29) is 18.0 Å². The summed E-state index contributed by atoms with van der Waals surface area (Å²) >= 11 is 0. The molecule has 0 aromatic carbocycles. The molecule has 0 aliphatic carbocycles. The minimum atomic E-state index is -1.31. The van der Waals surface area contributed by atoms with E-state index in [1.165, 1.54) is 0 Å². The van der Waals surface area contributed by atoms with Gasteiger partial charge in [-0.15, -0.1) is 0 Å². The number of carbonyl (C=O) groups excluding carboxylic acids is 1. The second kappa shape index (κ2) is 10.9. The van der Waals surface area contributed by atoms with Crippen molar-refractivity contribution in [1.82, 2.24) is 0 Å². The smallest absolute Gasteiger partial charge is 0.322 e. The van der Waals surface area contributed by atoms with Crippen LogP contribution < -0.4 is 11.5 Å². The average molecular weight is 338 g/mol. The number of ketones is 1. The van der Waals surface area contributed by atoms with Gasteiger partial charge in [0.2, 0.25) is 0 Å². The lowest BCUT2D eigenvalue weighted by atomic mass is 10.1. The van der Waals surface area contributed by atoms with E-state index < -0.39 is 29.3 Å². The molecular formula is C12H22N2O5S2. The molecule has 1 unspecified atom stereocenters. The van der Waals surface area contributed by atoms with Crippen molar-refractivity contribution in [3.63, 3.8) is 0 Å². The fraction of sp³-hybridized carbons (Fsp3) is 0.750. The zero-order valence-corrected chi connectivity index (χ0v) is 13.5. The third-order valence-corrected chi connectivity index (χ3v) is 5.53. The molecule has 0 saturated heterocycles. The lowest BCUT2D eigenvalue weighted by Gasteiger charge is -2.19. The van der Waals surface area contributed by atoms with Crippen molar-refractivity contribution < 1.29 is 24.6 Å². The number of hydrogen-bond acceptors (Lipinski definition) is 7. The number of carboxylic acids is 2. The maximum atomic E-state index is 12.0. The van der Waals surface area contributed by atoms with Crippen LogP contribution >= 0.6 is 21.6 Å². The Kier molecular flexibility index (Phi) is 10.5. The van der Waals surface area contributed by atoms with E-state index in [1.807, 2.05) is 6.92 Å². The van der Waals surface area contributed by atoms with Crippen molar-refractivity contribution in [3.05, 3.63) is 0 Å². The molecule has 9 heteroatoms. The summed E-state index contributed by atoms with van der Waals surface area (Å²) in [6.07, 6.45) is 2.82. The van der Waals surface area contributed by atoms with Crippen LogP contribution in [0.25, 0.3) is 0 Å². The zero-order chi connectivity index (χ0) is 16.4. The molecule has 0 spiro atoms. The molecule has 122 valence electrons. The maximum absolute atomic E-state index is 12.0. The summed E-state index contributed by atoms with van der Waals surface area (Å²) in [5, 5.41) is 16.7.